The molecule has 2 saturated heterocycles. The average molecular weight is 340 g/mol. The topological polar surface area (TPSA) is 158 Å². The maximum Gasteiger partial charge on any atom is 0.187 e. The van der Waals surface area contributed by atoms with Gasteiger partial charge in [0.1, 0.15) is 42.7 Å². The van der Waals surface area contributed by atoms with Gasteiger partial charge in [0.25, 0.3) is 0 Å². The first-order chi connectivity index (χ1) is 10.8. The Morgan fingerprint density at radius 3 is 2.04 bits per heavy atom. The van der Waals surface area contributed by atoms with E-state index in [1.807, 2.05) is 0 Å². The predicted octanol–water partition coefficient (Wildman–Crippen LogP) is -3.72. The standard InChI is InChI=1S/C13H24O10/c1-4-6(15)8(17)10(19)12(21-4)23-11-9(18)7(16)5(3-14)22-13(11)20-2/h4-19H,3H2,1-2H3/t4-,5+,6-,7-,8+,9-,10+,11+,12-,13+/m0/s1. The Bertz CT molecular complexity index is 380. The smallest absolute Gasteiger partial charge is 0.187 e. The molecule has 0 aromatic heterocycles. The molecule has 0 aliphatic carbocycles. The molecule has 10 nitrogen and oxygen atoms in total. The summed E-state index contributed by atoms with van der Waals surface area (Å²) in [5, 5.41) is 58.5. The van der Waals surface area contributed by atoms with E-state index >= 15 is 0 Å². The van der Waals surface area contributed by atoms with Crippen molar-refractivity contribution in [2.75, 3.05) is 13.7 Å². The van der Waals surface area contributed by atoms with Crippen molar-refractivity contribution in [3.63, 3.8) is 0 Å². The van der Waals surface area contributed by atoms with E-state index in [1.165, 1.54) is 14.0 Å². The third-order valence-corrected chi connectivity index (χ3v) is 4.16. The molecule has 0 unspecified atom stereocenters. The molecule has 2 heterocycles. The van der Waals surface area contributed by atoms with Gasteiger partial charge >= 0.3 is 0 Å². The Morgan fingerprint density at radius 2 is 1.48 bits per heavy atom. The van der Waals surface area contributed by atoms with Crippen molar-refractivity contribution in [3.05, 3.63) is 0 Å². The molecule has 2 aliphatic heterocycles. The highest BCUT2D eigenvalue weighted by Crippen LogP contribution is 2.29. The maximum atomic E-state index is 10.1. The van der Waals surface area contributed by atoms with E-state index in [-0.39, 0.29) is 0 Å². The van der Waals surface area contributed by atoms with Gasteiger partial charge in [0.2, 0.25) is 0 Å². The van der Waals surface area contributed by atoms with E-state index in [9.17, 15) is 25.5 Å². The van der Waals surface area contributed by atoms with Gasteiger partial charge in [-0.1, -0.05) is 0 Å². The number of hydrogen-bond donors (Lipinski definition) is 6. The molecule has 2 fully saturated rings. The molecule has 0 saturated carbocycles. The van der Waals surface area contributed by atoms with Crippen LogP contribution in [0, 0.1) is 0 Å². The second-order valence-electron chi connectivity index (χ2n) is 5.72. The summed E-state index contributed by atoms with van der Waals surface area (Å²) < 4.78 is 21.0. The number of rotatable bonds is 4. The summed E-state index contributed by atoms with van der Waals surface area (Å²) in [6, 6.07) is 0. The Hall–Kier alpha value is -0.400. The first-order valence-corrected chi connectivity index (χ1v) is 7.32. The van der Waals surface area contributed by atoms with E-state index in [0.717, 1.165) is 0 Å². The monoisotopic (exact) mass is 340 g/mol. The van der Waals surface area contributed by atoms with E-state index in [1.54, 1.807) is 0 Å². The number of methoxy groups -OCH3 is 1. The van der Waals surface area contributed by atoms with Crippen LogP contribution in [0.15, 0.2) is 0 Å². The van der Waals surface area contributed by atoms with Crippen LogP contribution in [0.3, 0.4) is 0 Å². The Labute approximate surface area is 132 Å². The third kappa shape index (κ3) is 3.66. The Morgan fingerprint density at radius 1 is 0.826 bits per heavy atom. The minimum Gasteiger partial charge on any atom is -0.394 e. The SMILES string of the molecule is CO[C@@H]1O[C@H](CO)[C@H](O)[C@H](O)[C@H]1O[C@@H]1O[C@@H](C)[C@H](O)[C@@H](O)[C@H]1O. The highest BCUT2D eigenvalue weighted by molar-refractivity contribution is 4.92. The summed E-state index contributed by atoms with van der Waals surface area (Å²) >= 11 is 0. The zero-order valence-corrected chi connectivity index (χ0v) is 12.8. The van der Waals surface area contributed by atoms with E-state index in [4.69, 9.17) is 24.1 Å². The van der Waals surface area contributed by atoms with Gasteiger partial charge in [-0.15, -0.1) is 0 Å². The molecule has 2 aliphatic rings. The average Bonchev–Trinajstić information content (AvgIpc) is 2.54. The zero-order valence-electron chi connectivity index (χ0n) is 12.8. The minimum absolute atomic E-state index is 0.532. The molecular weight excluding hydrogens is 316 g/mol. The molecule has 0 bridgehead atoms. The molecule has 0 amide bonds. The number of hydrogen-bond acceptors (Lipinski definition) is 10. The summed E-state index contributed by atoms with van der Waals surface area (Å²) in [7, 11) is 1.28. The second-order valence-corrected chi connectivity index (χ2v) is 5.72. The lowest BCUT2D eigenvalue weighted by molar-refractivity contribution is -0.361. The van der Waals surface area contributed by atoms with Gasteiger partial charge < -0.3 is 49.6 Å². The lowest BCUT2D eigenvalue weighted by atomic mass is 9.97. The van der Waals surface area contributed by atoms with Crippen LogP contribution in [0.4, 0.5) is 0 Å². The Balaban J connectivity index is 2.10. The van der Waals surface area contributed by atoms with Crippen molar-refractivity contribution < 1.29 is 49.6 Å². The second kappa shape index (κ2) is 7.66. The van der Waals surface area contributed by atoms with Gasteiger partial charge in [-0.05, 0) is 6.92 Å². The van der Waals surface area contributed by atoms with Gasteiger partial charge in [-0.25, -0.2) is 0 Å². The summed E-state index contributed by atoms with van der Waals surface area (Å²) in [5.74, 6) is 0. The van der Waals surface area contributed by atoms with Crippen molar-refractivity contribution in [2.45, 2.75) is 68.3 Å². The molecule has 10 heteroatoms. The number of aliphatic hydroxyl groups is 6. The zero-order chi connectivity index (χ0) is 17.3. The molecule has 0 radical (unpaired) electrons. The first-order valence-electron chi connectivity index (χ1n) is 7.32. The van der Waals surface area contributed by atoms with Crippen LogP contribution in [0.1, 0.15) is 6.92 Å². The molecule has 0 aromatic carbocycles. The highest BCUT2D eigenvalue weighted by atomic mass is 16.8. The van der Waals surface area contributed by atoms with Crippen molar-refractivity contribution in [1.82, 2.24) is 0 Å². The summed E-state index contributed by atoms with van der Waals surface area (Å²) in [5.41, 5.74) is 0. The molecule has 6 N–H and O–H groups in total. The fourth-order valence-corrected chi connectivity index (χ4v) is 2.67. The van der Waals surface area contributed by atoms with Crippen LogP contribution < -0.4 is 0 Å². The molecule has 136 valence electrons. The summed E-state index contributed by atoms with van der Waals surface area (Å²) in [6.07, 6.45) is -12.9. The predicted molar refractivity (Wildman–Crippen MR) is 72.0 cm³/mol. The van der Waals surface area contributed by atoms with Crippen molar-refractivity contribution in [2.24, 2.45) is 0 Å². The fourth-order valence-electron chi connectivity index (χ4n) is 2.67. The molecule has 10 atom stereocenters. The normalized spacial score (nSPS) is 51.7. The van der Waals surface area contributed by atoms with E-state index in [0.29, 0.717) is 0 Å². The molecule has 2 rings (SSSR count). The largest absolute Gasteiger partial charge is 0.394 e. The lowest BCUT2D eigenvalue weighted by Gasteiger charge is -2.45. The lowest BCUT2D eigenvalue weighted by Crippen LogP contribution is -2.64. The third-order valence-electron chi connectivity index (χ3n) is 4.16. The highest BCUT2D eigenvalue weighted by Gasteiger charge is 2.49. The Kier molecular flexibility index (Phi) is 6.30. The van der Waals surface area contributed by atoms with Crippen molar-refractivity contribution in [1.29, 1.82) is 0 Å². The summed E-state index contributed by atoms with van der Waals surface area (Å²) in [4.78, 5) is 0. The van der Waals surface area contributed by atoms with Gasteiger partial charge in [-0.3, -0.25) is 0 Å². The number of aliphatic hydroxyl groups excluding tert-OH is 6. The quantitative estimate of drug-likeness (QED) is 0.300. The van der Waals surface area contributed by atoms with Gasteiger partial charge in [0, 0.05) is 7.11 Å². The van der Waals surface area contributed by atoms with Crippen LogP contribution >= 0.6 is 0 Å². The fraction of sp³-hybridized carbons (Fsp3) is 1.00. The minimum atomic E-state index is -1.57. The van der Waals surface area contributed by atoms with Crippen LogP contribution in [-0.2, 0) is 18.9 Å². The van der Waals surface area contributed by atoms with Crippen molar-refractivity contribution >= 4 is 0 Å². The molecule has 0 aromatic rings. The van der Waals surface area contributed by atoms with Crippen molar-refractivity contribution in [3.8, 4) is 0 Å². The van der Waals surface area contributed by atoms with Gasteiger partial charge in [-0.2, -0.15) is 0 Å². The molecular formula is C13H24O10. The molecule has 23 heavy (non-hydrogen) atoms. The first kappa shape index (κ1) is 18.9. The summed E-state index contributed by atoms with van der Waals surface area (Å²) in [6.45, 7) is 0.948. The van der Waals surface area contributed by atoms with Crippen LogP contribution in [-0.4, -0.2) is 106 Å². The van der Waals surface area contributed by atoms with E-state index < -0.39 is 68.0 Å². The van der Waals surface area contributed by atoms with Gasteiger partial charge in [0.15, 0.2) is 12.6 Å². The van der Waals surface area contributed by atoms with Gasteiger partial charge in [0.05, 0.1) is 12.7 Å². The van der Waals surface area contributed by atoms with Crippen LogP contribution in [0.2, 0.25) is 0 Å². The van der Waals surface area contributed by atoms with Crippen LogP contribution in [0.5, 0.6) is 0 Å². The van der Waals surface area contributed by atoms with E-state index in [2.05, 4.69) is 0 Å². The number of ether oxygens (including phenoxy) is 4. The van der Waals surface area contributed by atoms with Crippen LogP contribution in [0.25, 0.3) is 0 Å². The molecule has 0 spiro atoms. The maximum absolute atomic E-state index is 10.1.